The number of amides is 1. The summed E-state index contributed by atoms with van der Waals surface area (Å²) in [6.45, 7) is 1.76. The third kappa shape index (κ3) is 2.59. The normalized spacial score (nSPS) is 12.2. The molecule has 0 aromatic carbocycles. The number of hydrogen-bond acceptors (Lipinski definition) is 5. The first kappa shape index (κ1) is 9.79. The van der Waals surface area contributed by atoms with Crippen LogP contribution in [0.2, 0.25) is 0 Å². The molecule has 1 aromatic heterocycles. The summed E-state index contributed by atoms with van der Waals surface area (Å²) >= 11 is 1.32. The maximum atomic E-state index is 11.1. The Morgan fingerprint density at radius 2 is 2.46 bits per heavy atom. The Kier molecular flexibility index (Phi) is 3.07. The van der Waals surface area contributed by atoms with Gasteiger partial charge in [-0.25, -0.2) is 4.98 Å². The van der Waals surface area contributed by atoms with Crippen LogP contribution in [0.3, 0.4) is 0 Å². The van der Waals surface area contributed by atoms with Crippen LogP contribution in [0.25, 0.3) is 0 Å². The SMILES string of the molecule is CNC(=O)C(C)Nc1ncc(N)s1. The number of nitrogens with one attached hydrogen (secondary N) is 2. The van der Waals surface area contributed by atoms with Crippen molar-refractivity contribution in [3.05, 3.63) is 6.20 Å². The van der Waals surface area contributed by atoms with E-state index in [-0.39, 0.29) is 11.9 Å². The molecule has 13 heavy (non-hydrogen) atoms. The summed E-state index contributed by atoms with van der Waals surface area (Å²) in [6.07, 6.45) is 1.56. The highest BCUT2D eigenvalue weighted by Gasteiger charge is 2.11. The van der Waals surface area contributed by atoms with Crippen molar-refractivity contribution in [3.63, 3.8) is 0 Å². The lowest BCUT2D eigenvalue weighted by atomic mass is 10.3. The van der Waals surface area contributed by atoms with E-state index in [4.69, 9.17) is 5.73 Å². The first-order valence-corrected chi connectivity index (χ1v) is 4.64. The number of anilines is 2. The van der Waals surface area contributed by atoms with Crippen LogP contribution in [0.15, 0.2) is 6.20 Å². The fraction of sp³-hybridized carbons (Fsp3) is 0.429. The number of carbonyl (C=O) groups is 1. The second-order valence-corrected chi connectivity index (χ2v) is 3.61. The van der Waals surface area contributed by atoms with E-state index in [2.05, 4.69) is 15.6 Å². The molecule has 72 valence electrons. The number of rotatable bonds is 3. The van der Waals surface area contributed by atoms with Gasteiger partial charge in [-0.2, -0.15) is 0 Å². The average Bonchev–Trinajstić information content (AvgIpc) is 2.49. The summed E-state index contributed by atoms with van der Waals surface area (Å²) in [6, 6.07) is -0.296. The van der Waals surface area contributed by atoms with Gasteiger partial charge in [-0.05, 0) is 6.92 Å². The Hall–Kier alpha value is -1.30. The van der Waals surface area contributed by atoms with Gasteiger partial charge < -0.3 is 16.4 Å². The van der Waals surface area contributed by atoms with E-state index in [9.17, 15) is 4.79 Å². The zero-order valence-electron chi connectivity index (χ0n) is 7.50. The number of aromatic nitrogens is 1. The minimum Gasteiger partial charge on any atom is -0.389 e. The Bertz CT molecular complexity index is 298. The van der Waals surface area contributed by atoms with Gasteiger partial charge in [0.1, 0.15) is 11.0 Å². The molecule has 0 aliphatic heterocycles. The molecule has 0 saturated heterocycles. The van der Waals surface area contributed by atoms with E-state index >= 15 is 0 Å². The van der Waals surface area contributed by atoms with Crippen LogP contribution < -0.4 is 16.4 Å². The molecule has 1 aromatic rings. The summed E-state index contributed by atoms with van der Waals surface area (Å²) in [5.41, 5.74) is 5.48. The monoisotopic (exact) mass is 200 g/mol. The van der Waals surface area contributed by atoms with E-state index in [1.54, 1.807) is 20.2 Å². The molecule has 0 fully saturated rings. The highest BCUT2D eigenvalue weighted by molar-refractivity contribution is 7.19. The predicted molar refractivity (Wildman–Crippen MR) is 53.7 cm³/mol. The van der Waals surface area contributed by atoms with Gasteiger partial charge in [-0.1, -0.05) is 11.3 Å². The van der Waals surface area contributed by atoms with Gasteiger partial charge in [0.2, 0.25) is 5.91 Å². The van der Waals surface area contributed by atoms with Crippen molar-refractivity contribution in [2.75, 3.05) is 18.1 Å². The van der Waals surface area contributed by atoms with Gasteiger partial charge >= 0.3 is 0 Å². The first-order chi connectivity index (χ1) is 6.13. The van der Waals surface area contributed by atoms with Crippen molar-refractivity contribution >= 4 is 27.4 Å². The largest absolute Gasteiger partial charge is 0.389 e. The van der Waals surface area contributed by atoms with Crippen LogP contribution in [0.4, 0.5) is 10.1 Å². The van der Waals surface area contributed by atoms with Crippen LogP contribution in [0, 0.1) is 0 Å². The maximum Gasteiger partial charge on any atom is 0.242 e. The van der Waals surface area contributed by atoms with Crippen molar-refractivity contribution in [2.45, 2.75) is 13.0 Å². The quantitative estimate of drug-likeness (QED) is 0.654. The Morgan fingerprint density at radius 1 is 1.77 bits per heavy atom. The smallest absolute Gasteiger partial charge is 0.242 e. The molecule has 1 unspecified atom stereocenters. The summed E-state index contributed by atoms with van der Waals surface area (Å²) in [7, 11) is 1.59. The standard InChI is InChI=1S/C7H12N4OS/c1-4(6(12)9-2)11-7-10-3-5(8)13-7/h3-4H,8H2,1-2H3,(H,9,12)(H,10,11). The van der Waals surface area contributed by atoms with Gasteiger partial charge in [-0.3, -0.25) is 4.79 Å². The van der Waals surface area contributed by atoms with Crippen LogP contribution in [-0.2, 0) is 4.79 Å². The Balaban J connectivity index is 2.54. The Morgan fingerprint density at radius 3 is 2.92 bits per heavy atom. The molecule has 5 nitrogen and oxygen atoms in total. The van der Waals surface area contributed by atoms with Crippen LogP contribution >= 0.6 is 11.3 Å². The summed E-state index contributed by atoms with van der Waals surface area (Å²) < 4.78 is 0. The fourth-order valence-corrected chi connectivity index (χ4v) is 1.49. The molecule has 1 amide bonds. The third-order valence-electron chi connectivity index (χ3n) is 1.50. The lowest BCUT2D eigenvalue weighted by molar-refractivity contribution is -0.121. The first-order valence-electron chi connectivity index (χ1n) is 3.83. The number of carbonyl (C=O) groups excluding carboxylic acids is 1. The highest BCUT2D eigenvalue weighted by atomic mass is 32.1. The molecule has 1 heterocycles. The molecule has 0 bridgehead atoms. The molecule has 0 aliphatic carbocycles. The number of likely N-dealkylation sites (N-methyl/N-ethyl adjacent to an activating group) is 1. The lowest BCUT2D eigenvalue weighted by Crippen LogP contribution is -2.35. The summed E-state index contributed by atoms with van der Waals surface area (Å²) in [4.78, 5) is 15.1. The van der Waals surface area contributed by atoms with E-state index in [0.29, 0.717) is 10.1 Å². The second kappa shape index (κ2) is 4.08. The van der Waals surface area contributed by atoms with Gasteiger partial charge in [0.25, 0.3) is 0 Å². The molecule has 0 spiro atoms. The maximum absolute atomic E-state index is 11.1. The molecule has 1 atom stereocenters. The van der Waals surface area contributed by atoms with Gasteiger partial charge in [0.05, 0.1) is 6.20 Å². The molecule has 4 N–H and O–H groups in total. The van der Waals surface area contributed by atoms with Crippen LogP contribution in [-0.4, -0.2) is 24.0 Å². The van der Waals surface area contributed by atoms with Gasteiger partial charge in [0.15, 0.2) is 5.13 Å². The van der Waals surface area contributed by atoms with Crippen LogP contribution in [0.1, 0.15) is 6.92 Å². The number of nitrogens with zero attached hydrogens (tertiary/aromatic N) is 1. The zero-order valence-corrected chi connectivity index (χ0v) is 8.31. The number of hydrogen-bond donors (Lipinski definition) is 3. The minimum atomic E-state index is -0.296. The highest BCUT2D eigenvalue weighted by Crippen LogP contribution is 2.19. The Labute approximate surface area is 80.4 Å². The van der Waals surface area contributed by atoms with E-state index in [1.165, 1.54) is 11.3 Å². The molecule has 0 aliphatic rings. The van der Waals surface area contributed by atoms with Crippen molar-refractivity contribution < 1.29 is 4.79 Å². The number of nitrogens with two attached hydrogens (primary N) is 1. The molecule has 6 heteroatoms. The minimum absolute atomic E-state index is 0.0752. The average molecular weight is 200 g/mol. The molecular weight excluding hydrogens is 188 g/mol. The zero-order chi connectivity index (χ0) is 9.84. The van der Waals surface area contributed by atoms with Gasteiger partial charge in [-0.15, -0.1) is 0 Å². The van der Waals surface area contributed by atoms with Crippen molar-refractivity contribution in [1.82, 2.24) is 10.3 Å². The van der Waals surface area contributed by atoms with Crippen molar-refractivity contribution in [3.8, 4) is 0 Å². The van der Waals surface area contributed by atoms with Gasteiger partial charge in [0, 0.05) is 7.05 Å². The fourth-order valence-electron chi connectivity index (χ4n) is 0.821. The topological polar surface area (TPSA) is 80.0 Å². The summed E-state index contributed by atoms with van der Waals surface area (Å²) in [5, 5.41) is 6.76. The van der Waals surface area contributed by atoms with Crippen LogP contribution in [0.5, 0.6) is 0 Å². The number of thiazole rings is 1. The third-order valence-corrected chi connectivity index (χ3v) is 2.26. The van der Waals surface area contributed by atoms with E-state index in [0.717, 1.165) is 0 Å². The second-order valence-electron chi connectivity index (χ2n) is 2.55. The lowest BCUT2D eigenvalue weighted by Gasteiger charge is -2.10. The number of nitrogen functional groups attached to an aromatic ring is 1. The molecular formula is C7H12N4OS. The molecule has 0 saturated carbocycles. The van der Waals surface area contributed by atoms with Crippen molar-refractivity contribution in [2.24, 2.45) is 0 Å². The molecule has 1 rings (SSSR count). The predicted octanol–water partition coefficient (Wildman–Crippen LogP) is 0.272. The summed E-state index contributed by atoms with van der Waals surface area (Å²) in [5.74, 6) is -0.0752. The van der Waals surface area contributed by atoms with E-state index in [1.807, 2.05) is 0 Å². The van der Waals surface area contributed by atoms with Crippen molar-refractivity contribution in [1.29, 1.82) is 0 Å². The molecule has 0 radical (unpaired) electrons. The van der Waals surface area contributed by atoms with E-state index < -0.39 is 0 Å².